The summed E-state index contributed by atoms with van der Waals surface area (Å²) in [5.74, 6) is 0.807. The van der Waals surface area contributed by atoms with E-state index in [1.165, 1.54) is 12.1 Å². The van der Waals surface area contributed by atoms with Gasteiger partial charge < -0.3 is 14.6 Å². The summed E-state index contributed by atoms with van der Waals surface area (Å²) in [6, 6.07) is 13.7. The third-order valence-electron chi connectivity index (χ3n) is 3.84. The fraction of sp³-hybridized carbons (Fsp3) is 0.211. The minimum absolute atomic E-state index is 0.0260. The fourth-order valence-corrected chi connectivity index (χ4v) is 3.09. The van der Waals surface area contributed by atoms with Crippen LogP contribution in [0.4, 0.5) is 18.9 Å². The Morgan fingerprint density at radius 1 is 1.14 bits per heavy atom. The molecule has 2 aromatic carbocycles. The molecule has 0 aliphatic heterocycles. The number of thioether (sulfide) groups is 1. The number of alkyl halides is 3. The van der Waals surface area contributed by atoms with Crippen molar-refractivity contribution in [3.63, 3.8) is 0 Å². The molecule has 0 saturated heterocycles. The Balaban J connectivity index is 1.54. The first-order valence-corrected chi connectivity index (χ1v) is 9.47. The standard InChI is InChI=1S/C19H17F3N4O2S/c1-26-16(11-28-15-8-3-2-4-9-15)24-25-18(26)29-12-17(27)23-14-7-5-6-13(10-14)19(20,21)22/h2-10H,11-12H2,1H3,(H,23,27). The molecule has 0 saturated carbocycles. The average molecular weight is 422 g/mol. The zero-order valence-electron chi connectivity index (χ0n) is 15.3. The number of anilines is 1. The van der Waals surface area contributed by atoms with Crippen molar-refractivity contribution >= 4 is 23.4 Å². The van der Waals surface area contributed by atoms with Gasteiger partial charge in [0.05, 0.1) is 11.3 Å². The molecule has 6 nitrogen and oxygen atoms in total. The van der Waals surface area contributed by atoms with Crippen LogP contribution in [-0.2, 0) is 24.6 Å². The van der Waals surface area contributed by atoms with Crippen molar-refractivity contribution in [2.75, 3.05) is 11.1 Å². The molecule has 0 atom stereocenters. The molecule has 0 aliphatic rings. The Labute approximate surface area is 169 Å². The summed E-state index contributed by atoms with van der Waals surface area (Å²) in [4.78, 5) is 12.1. The second-order valence-corrected chi connectivity index (χ2v) is 6.92. The quantitative estimate of drug-likeness (QED) is 0.580. The van der Waals surface area contributed by atoms with Crippen LogP contribution in [0.15, 0.2) is 59.8 Å². The molecule has 1 N–H and O–H groups in total. The third-order valence-corrected chi connectivity index (χ3v) is 4.86. The molecule has 0 aliphatic carbocycles. The van der Waals surface area contributed by atoms with Gasteiger partial charge in [-0.3, -0.25) is 4.79 Å². The molecule has 29 heavy (non-hydrogen) atoms. The maximum absolute atomic E-state index is 12.7. The number of hydrogen-bond donors (Lipinski definition) is 1. The largest absolute Gasteiger partial charge is 0.486 e. The lowest BCUT2D eigenvalue weighted by atomic mass is 10.2. The molecule has 0 radical (unpaired) electrons. The Bertz CT molecular complexity index is 977. The Kier molecular flexibility index (Phi) is 6.42. The summed E-state index contributed by atoms with van der Waals surface area (Å²) in [7, 11) is 1.75. The van der Waals surface area contributed by atoms with Crippen LogP contribution in [0.1, 0.15) is 11.4 Å². The van der Waals surface area contributed by atoms with Crippen LogP contribution < -0.4 is 10.1 Å². The third kappa shape index (κ3) is 5.74. The van der Waals surface area contributed by atoms with Gasteiger partial charge >= 0.3 is 6.18 Å². The minimum atomic E-state index is -4.47. The fourth-order valence-electron chi connectivity index (χ4n) is 2.36. The molecule has 1 amide bonds. The first-order chi connectivity index (χ1) is 13.8. The predicted molar refractivity (Wildman–Crippen MR) is 103 cm³/mol. The monoisotopic (exact) mass is 422 g/mol. The molecular formula is C19H17F3N4O2S. The molecule has 152 valence electrons. The highest BCUT2D eigenvalue weighted by molar-refractivity contribution is 7.99. The predicted octanol–water partition coefficient (Wildman–Crippen LogP) is 4.14. The Hall–Kier alpha value is -3.01. The average Bonchev–Trinajstić information content (AvgIpc) is 3.05. The Morgan fingerprint density at radius 2 is 1.90 bits per heavy atom. The van der Waals surface area contributed by atoms with E-state index in [0.717, 1.165) is 23.9 Å². The maximum atomic E-state index is 12.7. The van der Waals surface area contributed by atoms with E-state index in [1.807, 2.05) is 30.3 Å². The van der Waals surface area contributed by atoms with Crippen molar-refractivity contribution in [1.29, 1.82) is 0 Å². The molecule has 10 heteroatoms. The molecule has 3 rings (SSSR count). The number of aromatic nitrogens is 3. The number of amides is 1. The topological polar surface area (TPSA) is 69.0 Å². The van der Waals surface area contributed by atoms with E-state index in [9.17, 15) is 18.0 Å². The number of carbonyl (C=O) groups is 1. The van der Waals surface area contributed by atoms with Crippen LogP contribution in [-0.4, -0.2) is 26.4 Å². The zero-order valence-corrected chi connectivity index (χ0v) is 16.1. The number of nitrogens with zero attached hydrogens (tertiary/aromatic N) is 3. The van der Waals surface area contributed by atoms with Gasteiger partial charge in [-0.25, -0.2) is 0 Å². The van der Waals surface area contributed by atoms with Crippen molar-refractivity contribution in [2.24, 2.45) is 7.05 Å². The second kappa shape index (κ2) is 8.99. The zero-order chi connectivity index (χ0) is 20.9. The van der Waals surface area contributed by atoms with Gasteiger partial charge in [-0.05, 0) is 30.3 Å². The molecule has 1 heterocycles. The van der Waals surface area contributed by atoms with Crippen LogP contribution in [0.3, 0.4) is 0 Å². The van der Waals surface area contributed by atoms with E-state index in [2.05, 4.69) is 15.5 Å². The van der Waals surface area contributed by atoms with Crippen molar-refractivity contribution in [2.45, 2.75) is 17.9 Å². The van der Waals surface area contributed by atoms with E-state index < -0.39 is 17.6 Å². The van der Waals surface area contributed by atoms with Crippen molar-refractivity contribution in [3.8, 4) is 5.75 Å². The summed E-state index contributed by atoms with van der Waals surface area (Å²) >= 11 is 1.13. The summed E-state index contributed by atoms with van der Waals surface area (Å²) < 4.78 is 45.6. The highest BCUT2D eigenvalue weighted by Crippen LogP contribution is 2.30. The normalized spacial score (nSPS) is 11.3. The lowest BCUT2D eigenvalue weighted by Gasteiger charge is -2.10. The van der Waals surface area contributed by atoms with Gasteiger partial charge in [0, 0.05) is 12.7 Å². The molecular weight excluding hydrogens is 405 g/mol. The highest BCUT2D eigenvalue weighted by atomic mass is 32.2. The number of hydrogen-bond acceptors (Lipinski definition) is 5. The number of nitrogens with one attached hydrogen (secondary N) is 1. The maximum Gasteiger partial charge on any atom is 0.416 e. The summed E-state index contributed by atoms with van der Waals surface area (Å²) in [6.45, 7) is 0.213. The number of benzene rings is 2. The van der Waals surface area contributed by atoms with Crippen LogP contribution >= 0.6 is 11.8 Å². The number of ether oxygens (including phenoxy) is 1. The smallest absolute Gasteiger partial charge is 0.416 e. The van der Waals surface area contributed by atoms with Gasteiger partial charge in [0.25, 0.3) is 0 Å². The summed E-state index contributed by atoms with van der Waals surface area (Å²) in [5.41, 5.74) is -0.736. The summed E-state index contributed by atoms with van der Waals surface area (Å²) in [5, 5.41) is 11.0. The van der Waals surface area contributed by atoms with Crippen LogP contribution in [0, 0.1) is 0 Å². The van der Waals surface area contributed by atoms with E-state index in [0.29, 0.717) is 16.7 Å². The van der Waals surface area contributed by atoms with Gasteiger partial charge in [0.15, 0.2) is 11.0 Å². The highest BCUT2D eigenvalue weighted by Gasteiger charge is 2.30. The molecule has 0 spiro atoms. The van der Waals surface area contributed by atoms with Crippen LogP contribution in [0.5, 0.6) is 5.75 Å². The Morgan fingerprint density at radius 3 is 2.62 bits per heavy atom. The molecule has 0 unspecified atom stereocenters. The van der Waals surface area contributed by atoms with Gasteiger partial charge in [-0.15, -0.1) is 10.2 Å². The minimum Gasteiger partial charge on any atom is -0.486 e. The molecule has 0 fully saturated rings. The second-order valence-electron chi connectivity index (χ2n) is 5.97. The van der Waals surface area contributed by atoms with Gasteiger partial charge in [0.1, 0.15) is 12.4 Å². The van der Waals surface area contributed by atoms with Gasteiger partial charge in [-0.2, -0.15) is 13.2 Å². The van der Waals surface area contributed by atoms with Crippen LogP contribution in [0.2, 0.25) is 0 Å². The first-order valence-electron chi connectivity index (χ1n) is 8.49. The number of rotatable bonds is 7. The van der Waals surface area contributed by atoms with Gasteiger partial charge in [0.2, 0.25) is 5.91 Å². The van der Waals surface area contributed by atoms with Gasteiger partial charge in [-0.1, -0.05) is 36.0 Å². The molecule has 1 aromatic heterocycles. The van der Waals surface area contributed by atoms with E-state index >= 15 is 0 Å². The van der Waals surface area contributed by atoms with E-state index in [-0.39, 0.29) is 18.0 Å². The van der Waals surface area contributed by atoms with Crippen molar-refractivity contribution in [1.82, 2.24) is 14.8 Å². The lowest BCUT2D eigenvalue weighted by molar-refractivity contribution is -0.137. The lowest BCUT2D eigenvalue weighted by Crippen LogP contribution is -2.15. The first kappa shape index (κ1) is 20.7. The van der Waals surface area contributed by atoms with E-state index in [1.54, 1.807) is 11.6 Å². The number of para-hydroxylation sites is 1. The van der Waals surface area contributed by atoms with E-state index in [4.69, 9.17) is 4.74 Å². The molecule has 3 aromatic rings. The summed E-state index contributed by atoms with van der Waals surface area (Å²) in [6.07, 6.45) is -4.47. The number of carbonyl (C=O) groups excluding carboxylic acids is 1. The molecule has 0 bridgehead atoms. The number of halogens is 3. The SMILES string of the molecule is Cn1c(COc2ccccc2)nnc1SCC(=O)Nc1cccc(C(F)(F)F)c1. The van der Waals surface area contributed by atoms with Crippen molar-refractivity contribution in [3.05, 3.63) is 66.0 Å². The van der Waals surface area contributed by atoms with Crippen molar-refractivity contribution < 1.29 is 22.7 Å². The van der Waals surface area contributed by atoms with Crippen LogP contribution in [0.25, 0.3) is 0 Å².